The fourth-order valence-corrected chi connectivity index (χ4v) is 2.45. The monoisotopic (exact) mass is 325 g/mol. The van der Waals surface area contributed by atoms with Crippen LogP contribution in [0, 0.1) is 10.4 Å². The minimum atomic E-state index is -0.625. The molecule has 3 heterocycles. The molecule has 0 spiro atoms. The van der Waals surface area contributed by atoms with Crippen LogP contribution in [0.4, 0.5) is 4.79 Å². The third-order valence-corrected chi connectivity index (χ3v) is 3.59. The number of cyclic esters (lactones) is 1. The van der Waals surface area contributed by atoms with E-state index in [9.17, 15) is 15.2 Å². The molecular formula is C13H17N4O6-. The van der Waals surface area contributed by atoms with Crippen LogP contribution in [-0.4, -0.2) is 72.3 Å². The fraction of sp³-hybridized carbons (Fsp3) is 0.538. The molecule has 0 aromatic rings. The molecule has 0 radical (unpaired) electrons. The molecule has 23 heavy (non-hydrogen) atoms. The highest BCUT2D eigenvalue weighted by molar-refractivity contribution is 5.87. The van der Waals surface area contributed by atoms with Gasteiger partial charge in [0.05, 0.1) is 32.0 Å². The van der Waals surface area contributed by atoms with Gasteiger partial charge in [-0.1, -0.05) is 0 Å². The van der Waals surface area contributed by atoms with Crippen molar-refractivity contribution in [2.75, 3.05) is 39.4 Å². The van der Waals surface area contributed by atoms with E-state index in [1.54, 1.807) is 0 Å². The van der Waals surface area contributed by atoms with E-state index in [1.807, 2.05) is 0 Å². The lowest BCUT2D eigenvalue weighted by Gasteiger charge is -2.27. The molecule has 3 rings (SSSR count). The average Bonchev–Trinajstić information content (AvgIpc) is 3.13. The minimum absolute atomic E-state index is 0.229. The Kier molecular flexibility index (Phi) is 4.53. The number of morpholine rings is 1. The van der Waals surface area contributed by atoms with Crippen molar-refractivity contribution in [2.45, 2.75) is 6.10 Å². The van der Waals surface area contributed by atoms with Crippen LogP contribution in [0.2, 0.25) is 0 Å². The Hall–Kier alpha value is -2.46. The number of hydrazine groups is 1. The normalized spacial score (nSPS) is 26.5. The second-order valence-electron chi connectivity index (χ2n) is 5.24. The summed E-state index contributed by atoms with van der Waals surface area (Å²) in [5.74, 6) is -0.103. The first-order valence-corrected chi connectivity index (χ1v) is 7.23. The number of hydrogen-bond acceptors (Lipinski definition) is 8. The van der Waals surface area contributed by atoms with E-state index >= 15 is 0 Å². The van der Waals surface area contributed by atoms with Crippen molar-refractivity contribution in [1.29, 1.82) is 0 Å². The first kappa shape index (κ1) is 15.4. The average molecular weight is 325 g/mol. The highest BCUT2D eigenvalue weighted by atomic mass is 16.8. The Morgan fingerprint density at radius 2 is 2.13 bits per heavy atom. The number of allylic oxidation sites excluding steroid dienone is 1. The van der Waals surface area contributed by atoms with Gasteiger partial charge in [0.2, 0.25) is 0 Å². The summed E-state index contributed by atoms with van der Waals surface area (Å²) >= 11 is 0. The number of nitrogens with one attached hydrogen (secondary N) is 1. The topological polar surface area (TPSA) is 112 Å². The number of ether oxygens (including phenoxy) is 3. The second kappa shape index (κ2) is 6.75. The predicted octanol–water partition coefficient (Wildman–Crippen LogP) is -0.522. The quantitative estimate of drug-likeness (QED) is 0.543. The van der Waals surface area contributed by atoms with Gasteiger partial charge in [0, 0.05) is 19.6 Å². The molecule has 1 atom stereocenters. The van der Waals surface area contributed by atoms with E-state index in [0.29, 0.717) is 26.3 Å². The molecule has 3 aliphatic rings. The van der Waals surface area contributed by atoms with Gasteiger partial charge in [-0.25, -0.2) is 9.80 Å². The highest BCUT2D eigenvalue weighted by Gasteiger charge is 2.32. The molecule has 0 aliphatic carbocycles. The summed E-state index contributed by atoms with van der Waals surface area (Å²) < 4.78 is 15.5. The lowest BCUT2D eigenvalue weighted by atomic mass is 10.3. The predicted molar refractivity (Wildman–Crippen MR) is 77.7 cm³/mol. The summed E-state index contributed by atoms with van der Waals surface area (Å²) in [7, 11) is 0. The van der Waals surface area contributed by atoms with Crippen molar-refractivity contribution in [2.24, 2.45) is 0 Å². The largest absolute Gasteiger partial charge is 0.610 e. The van der Waals surface area contributed by atoms with Gasteiger partial charge in [-0.05, 0) is 6.08 Å². The van der Waals surface area contributed by atoms with E-state index in [4.69, 9.17) is 14.2 Å². The van der Waals surface area contributed by atoms with Crippen molar-refractivity contribution < 1.29 is 23.9 Å². The first-order chi connectivity index (χ1) is 11.1. The fourth-order valence-electron chi connectivity index (χ4n) is 2.45. The van der Waals surface area contributed by atoms with E-state index in [0.717, 1.165) is 13.1 Å². The Labute approximate surface area is 132 Å². The van der Waals surface area contributed by atoms with Crippen LogP contribution >= 0.6 is 0 Å². The van der Waals surface area contributed by atoms with Crippen LogP contribution in [0.15, 0.2) is 24.1 Å². The van der Waals surface area contributed by atoms with Gasteiger partial charge in [-0.2, -0.15) is 0 Å². The van der Waals surface area contributed by atoms with Gasteiger partial charge in [-0.15, -0.1) is 4.90 Å². The van der Waals surface area contributed by atoms with Crippen LogP contribution in [-0.2, 0) is 14.2 Å². The number of amides is 1. The van der Waals surface area contributed by atoms with Gasteiger partial charge in [0.15, 0.2) is 5.76 Å². The number of carbonyl (C=O) groups is 1. The van der Waals surface area contributed by atoms with Crippen LogP contribution in [0.5, 0.6) is 0 Å². The third-order valence-electron chi connectivity index (χ3n) is 3.59. The van der Waals surface area contributed by atoms with E-state index < -0.39 is 11.0 Å². The zero-order chi connectivity index (χ0) is 16.2. The molecule has 0 bridgehead atoms. The van der Waals surface area contributed by atoms with Crippen LogP contribution in [0.3, 0.4) is 0 Å². The first-order valence-electron chi connectivity index (χ1n) is 7.23. The van der Waals surface area contributed by atoms with Crippen molar-refractivity contribution in [3.05, 3.63) is 34.5 Å². The molecule has 0 saturated carbocycles. The maximum Gasteiger partial charge on any atom is 0.429 e. The molecule has 2 fully saturated rings. The lowest BCUT2D eigenvalue weighted by Crippen LogP contribution is -2.42. The van der Waals surface area contributed by atoms with E-state index in [2.05, 4.69) is 10.3 Å². The number of carbonyl (C=O) groups excluding carboxylic acids is 1. The smallest absolute Gasteiger partial charge is 0.429 e. The number of nitrogens with zero attached hydrogens (tertiary/aromatic N) is 3. The maximum absolute atomic E-state index is 11.8. The molecular weight excluding hydrogens is 308 g/mol. The Morgan fingerprint density at radius 1 is 1.35 bits per heavy atom. The maximum atomic E-state index is 11.8. The van der Waals surface area contributed by atoms with Gasteiger partial charge in [0.1, 0.15) is 6.10 Å². The van der Waals surface area contributed by atoms with Crippen molar-refractivity contribution in [1.82, 2.24) is 15.3 Å². The van der Waals surface area contributed by atoms with E-state index in [1.165, 1.54) is 23.4 Å². The summed E-state index contributed by atoms with van der Waals surface area (Å²) in [4.78, 5) is 13.4. The SMILES string of the molecule is O=C1OC(CN2CCOCC2)CN1NC=C1C=CC(=[N+]([O-])[O-])O1. The summed E-state index contributed by atoms with van der Waals surface area (Å²) in [6.45, 7) is 4.06. The molecule has 10 nitrogen and oxygen atoms in total. The Morgan fingerprint density at radius 3 is 2.83 bits per heavy atom. The standard InChI is InChI=1S/C13H17N4O6/c18-13-16(14-7-10-1-2-12(22-10)17(19)20)9-11(23-13)8-15-3-5-21-6-4-15/h1-2,7,11,14H,3-6,8-9H2/q-1. The molecule has 1 N–H and O–H groups in total. The minimum Gasteiger partial charge on any atom is -0.610 e. The van der Waals surface area contributed by atoms with Crippen LogP contribution in [0.1, 0.15) is 0 Å². The molecule has 0 aromatic carbocycles. The number of rotatable bonds is 4. The zero-order valence-corrected chi connectivity index (χ0v) is 12.3. The van der Waals surface area contributed by atoms with Gasteiger partial charge in [0.25, 0.3) is 0 Å². The van der Waals surface area contributed by atoms with Gasteiger partial charge >= 0.3 is 12.0 Å². The Balaban J connectivity index is 1.49. The molecule has 2 saturated heterocycles. The van der Waals surface area contributed by atoms with Crippen molar-refractivity contribution >= 4 is 12.0 Å². The van der Waals surface area contributed by atoms with Crippen molar-refractivity contribution in [3.8, 4) is 0 Å². The lowest BCUT2D eigenvalue weighted by molar-refractivity contribution is -0.388. The molecule has 0 aromatic heterocycles. The van der Waals surface area contributed by atoms with Gasteiger partial charge < -0.3 is 24.6 Å². The summed E-state index contributed by atoms with van der Waals surface area (Å²) in [5.41, 5.74) is 2.74. The van der Waals surface area contributed by atoms with Crippen LogP contribution in [0.25, 0.3) is 0 Å². The Bertz CT molecular complexity index is 551. The number of hydrogen-bond donors (Lipinski definition) is 1. The van der Waals surface area contributed by atoms with Gasteiger partial charge in [-0.3, -0.25) is 10.3 Å². The molecule has 1 amide bonds. The molecule has 1 unspecified atom stereocenters. The summed E-state index contributed by atoms with van der Waals surface area (Å²) in [6, 6.07) is 0. The van der Waals surface area contributed by atoms with E-state index in [-0.39, 0.29) is 17.8 Å². The highest BCUT2D eigenvalue weighted by Crippen LogP contribution is 2.13. The molecule has 3 aliphatic heterocycles. The summed E-state index contributed by atoms with van der Waals surface area (Å²) in [5, 5.41) is 22.4. The second-order valence-corrected chi connectivity index (χ2v) is 5.24. The molecule has 10 heteroatoms. The summed E-state index contributed by atoms with van der Waals surface area (Å²) in [6.07, 6.45) is 3.35. The zero-order valence-electron chi connectivity index (χ0n) is 12.3. The van der Waals surface area contributed by atoms with Crippen molar-refractivity contribution in [3.63, 3.8) is 0 Å². The van der Waals surface area contributed by atoms with Crippen LogP contribution < -0.4 is 5.43 Å². The third kappa shape index (κ3) is 3.85. The molecule has 126 valence electrons.